The highest BCUT2D eigenvalue weighted by atomic mass is 16.3. The van der Waals surface area contributed by atoms with Crippen LogP contribution >= 0.6 is 0 Å². The molecule has 1 fully saturated rings. The predicted octanol–water partition coefficient (Wildman–Crippen LogP) is 2.49. The number of hydrogen-bond acceptors (Lipinski definition) is 4. The number of phenolic OH excluding ortho intramolecular Hbond substituents is 1. The van der Waals surface area contributed by atoms with Crippen molar-refractivity contribution in [1.29, 1.82) is 0 Å². The average Bonchev–Trinajstić information content (AvgIpc) is 3.13. The van der Waals surface area contributed by atoms with Crippen LogP contribution in [-0.2, 0) is 12.0 Å². The normalized spacial score (nSPS) is 18.6. The largest absolute Gasteiger partial charge is 0.508 e. The molecule has 0 unspecified atom stereocenters. The molecule has 0 bridgehead atoms. The zero-order valence-corrected chi connectivity index (χ0v) is 12.1. The first-order valence-corrected chi connectivity index (χ1v) is 7.61. The molecule has 5 rings (SSSR count). The lowest BCUT2D eigenvalue weighted by atomic mass is 9.87. The van der Waals surface area contributed by atoms with Gasteiger partial charge in [-0.2, -0.15) is 5.10 Å². The molecule has 1 saturated carbocycles. The summed E-state index contributed by atoms with van der Waals surface area (Å²) in [7, 11) is 0. The quantitative estimate of drug-likeness (QED) is 0.748. The molecule has 3 aromatic rings. The summed E-state index contributed by atoms with van der Waals surface area (Å²) in [5, 5.41) is 14.0. The molecule has 0 radical (unpaired) electrons. The number of benzene rings is 1. The van der Waals surface area contributed by atoms with Crippen molar-refractivity contribution in [2.24, 2.45) is 0 Å². The van der Waals surface area contributed by atoms with Crippen LogP contribution in [0.2, 0.25) is 0 Å². The summed E-state index contributed by atoms with van der Waals surface area (Å²) in [5.41, 5.74) is 3.71. The molecule has 1 N–H and O–H groups in total. The predicted molar refractivity (Wildman–Crippen MR) is 83.1 cm³/mol. The fourth-order valence-corrected chi connectivity index (χ4v) is 3.63. The molecule has 5 heteroatoms. The maximum atomic E-state index is 9.79. The molecule has 5 nitrogen and oxygen atoms in total. The molecule has 0 atom stereocenters. The summed E-state index contributed by atoms with van der Waals surface area (Å²) in [5.74, 6) is 1.37. The van der Waals surface area contributed by atoms with Gasteiger partial charge in [0.25, 0.3) is 0 Å². The van der Waals surface area contributed by atoms with Crippen molar-refractivity contribution < 1.29 is 5.11 Å². The second-order valence-corrected chi connectivity index (χ2v) is 6.40. The first-order chi connectivity index (χ1) is 10.7. The lowest BCUT2D eigenvalue weighted by Crippen LogP contribution is -2.38. The molecular weight excluding hydrogens is 276 g/mol. The van der Waals surface area contributed by atoms with Gasteiger partial charge in [-0.3, -0.25) is 0 Å². The Morgan fingerprint density at radius 2 is 2.05 bits per heavy atom. The Morgan fingerprint density at radius 1 is 1.14 bits per heavy atom. The third-order valence-corrected chi connectivity index (χ3v) is 4.94. The number of aromatic nitrogens is 3. The van der Waals surface area contributed by atoms with Gasteiger partial charge in [-0.05, 0) is 42.2 Å². The fraction of sp³-hybridized carbons (Fsp3) is 0.294. The van der Waals surface area contributed by atoms with Crippen LogP contribution in [0.15, 0.2) is 42.7 Å². The van der Waals surface area contributed by atoms with Crippen LogP contribution < -0.4 is 4.90 Å². The van der Waals surface area contributed by atoms with Crippen molar-refractivity contribution in [1.82, 2.24) is 14.6 Å². The average molecular weight is 292 g/mol. The summed E-state index contributed by atoms with van der Waals surface area (Å²) in [4.78, 5) is 7.07. The number of phenols is 1. The van der Waals surface area contributed by atoms with Crippen LogP contribution in [0.3, 0.4) is 0 Å². The Hall–Kier alpha value is -2.56. The van der Waals surface area contributed by atoms with E-state index in [-0.39, 0.29) is 5.41 Å². The summed E-state index contributed by atoms with van der Waals surface area (Å²) in [6, 6.07) is 9.74. The molecule has 1 spiro atoms. The van der Waals surface area contributed by atoms with E-state index < -0.39 is 0 Å². The van der Waals surface area contributed by atoms with Crippen LogP contribution in [0, 0.1) is 0 Å². The molecule has 1 aromatic carbocycles. The maximum Gasteiger partial charge on any atom is 0.157 e. The minimum absolute atomic E-state index is 0.209. The highest BCUT2D eigenvalue weighted by molar-refractivity contribution is 5.54. The number of fused-ring (bicyclic) bond motifs is 3. The van der Waals surface area contributed by atoms with Crippen LogP contribution in [0.1, 0.15) is 24.0 Å². The first kappa shape index (κ1) is 12.0. The van der Waals surface area contributed by atoms with Crippen molar-refractivity contribution in [3.8, 4) is 5.75 Å². The second-order valence-electron chi connectivity index (χ2n) is 6.40. The molecule has 1 aliphatic carbocycles. The van der Waals surface area contributed by atoms with Gasteiger partial charge < -0.3 is 10.0 Å². The van der Waals surface area contributed by atoms with E-state index in [9.17, 15) is 5.11 Å². The third kappa shape index (κ3) is 1.65. The topological polar surface area (TPSA) is 53.7 Å². The summed E-state index contributed by atoms with van der Waals surface area (Å²) in [6.45, 7) is 1.81. The lowest BCUT2D eigenvalue weighted by Gasteiger charge is -2.36. The van der Waals surface area contributed by atoms with Gasteiger partial charge in [-0.1, -0.05) is 6.07 Å². The smallest absolute Gasteiger partial charge is 0.157 e. The van der Waals surface area contributed by atoms with Gasteiger partial charge in [0.1, 0.15) is 11.6 Å². The van der Waals surface area contributed by atoms with Gasteiger partial charge >= 0.3 is 0 Å². The minimum Gasteiger partial charge on any atom is -0.508 e. The van der Waals surface area contributed by atoms with Crippen molar-refractivity contribution in [3.63, 3.8) is 0 Å². The molecule has 2 aliphatic rings. The number of rotatable bonds is 1. The number of hydrogen-bond donors (Lipinski definition) is 1. The highest BCUT2D eigenvalue weighted by Gasteiger charge is 2.49. The molecule has 0 amide bonds. The van der Waals surface area contributed by atoms with Gasteiger partial charge in [0.2, 0.25) is 0 Å². The SMILES string of the molecule is Oc1ccc2c(c1)C1(CC1)CN(c1ccn3nccc3n1)C2. The van der Waals surface area contributed by atoms with Gasteiger partial charge in [-0.15, -0.1) is 0 Å². The molecule has 0 saturated heterocycles. The molecule has 22 heavy (non-hydrogen) atoms. The van der Waals surface area contributed by atoms with E-state index in [1.165, 1.54) is 24.0 Å². The van der Waals surface area contributed by atoms with E-state index in [1.54, 1.807) is 16.8 Å². The zero-order valence-electron chi connectivity index (χ0n) is 12.1. The van der Waals surface area contributed by atoms with Gasteiger partial charge in [-0.25, -0.2) is 9.50 Å². The first-order valence-electron chi connectivity index (χ1n) is 7.61. The molecular formula is C17H16N4O. The molecule has 2 aromatic heterocycles. The summed E-state index contributed by atoms with van der Waals surface area (Å²) in [6.07, 6.45) is 6.11. The highest BCUT2D eigenvalue weighted by Crippen LogP contribution is 2.53. The maximum absolute atomic E-state index is 9.79. The molecule has 3 heterocycles. The van der Waals surface area contributed by atoms with E-state index >= 15 is 0 Å². The Labute approximate surface area is 127 Å². The molecule has 1 aliphatic heterocycles. The Morgan fingerprint density at radius 3 is 2.91 bits per heavy atom. The summed E-state index contributed by atoms with van der Waals surface area (Å²) >= 11 is 0. The van der Waals surface area contributed by atoms with Gasteiger partial charge in [0, 0.05) is 30.8 Å². The van der Waals surface area contributed by atoms with Crippen LogP contribution in [0.25, 0.3) is 5.65 Å². The van der Waals surface area contributed by atoms with E-state index in [2.05, 4.69) is 10.00 Å². The van der Waals surface area contributed by atoms with E-state index in [0.29, 0.717) is 5.75 Å². The van der Waals surface area contributed by atoms with Crippen molar-refractivity contribution in [2.75, 3.05) is 11.4 Å². The van der Waals surface area contributed by atoms with E-state index in [1.807, 2.05) is 30.5 Å². The Bertz CT molecular complexity index is 881. The second kappa shape index (κ2) is 4.00. The van der Waals surface area contributed by atoms with Crippen LogP contribution in [0.4, 0.5) is 5.82 Å². The van der Waals surface area contributed by atoms with E-state index in [4.69, 9.17) is 4.98 Å². The molecule has 110 valence electrons. The standard InChI is InChI=1S/C17H16N4O/c22-13-2-1-12-10-20(11-17(5-6-17)14(12)9-13)15-4-8-21-16(19-15)3-7-18-21/h1-4,7-9,22H,5-6,10-11H2. The van der Waals surface area contributed by atoms with Crippen molar-refractivity contribution in [2.45, 2.75) is 24.8 Å². The zero-order chi connectivity index (χ0) is 14.7. The van der Waals surface area contributed by atoms with Crippen molar-refractivity contribution in [3.05, 3.63) is 53.9 Å². The summed E-state index contributed by atoms with van der Waals surface area (Å²) < 4.78 is 1.78. The fourth-order valence-electron chi connectivity index (χ4n) is 3.63. The minimum atomic E-state index is 0.209. The van der Waals surface area contributed by atoms with Gasteiger partial charge in [0.15, 0.2) is 5.65 Å². The van der Waals surface area contributed by atoms with Crippen LogP contribution in [0.5, 0.6) is 5.75 Å². The Balaban J connectivity index is 1.58. The Kier molecular flexibility index (Phi) is 2.19. The monoisotopic (exact) mass is 292 g/mol. The van der Waals surface area contributed by atoms with Crippen LogP contribution in [-0.4, -0.2) is 26.2 Å². The number of aromatic hydroxyl groups is 1. The number of anilines is 1. The van der Waals surface area contributed by atoms with Crippen molar-refractivity contribution >= 4 is 11.5 Å². The van der Waals surface area contributed by atoms with E-state index in [0.717, 1.165) is 24.6 Å². The van der Waals surface area contributed by atoms with Gasteiger partial charge in [0.05, 0.1) is 6.20 Å². The lowest BCUT2D eigenvalue weighted by molar-refractivity contribution is 0.470. The number of nitrogens with zero attached hydrogens (tertiary/aromatic N) is 4. The third-order valence-electron chi connectivity index (χ3n) is 4.94.